The van der Waals surface area contributed by atoms with Crippen LogP contribution in [0.2, 0.25) is 0 Å². The molecule has 0 saturated carbocycles. The summed E-state index contributed by atoms with van der Waals surface area (Å²) in [6.45, 7) is 2.15. The summed E-state index contributed by atoms with van der Waals surface area (Å²) in [5.41, 5.74) is 3.10. The number of hydrogen-bond donors (Lipinski definition) is 1. The van der Waals surface area contributed by atoms with Crippen LogP contribution in [0.3, 0.4) is 0 Å². The molecule has 0 saturated heterocycles. The molecule has 0 spiro atoms. The summed E-state index contributed by atoms with van der Waals surface area (Å²) >= 11 is 0. The van der Waals surface area contributed by atoms with Crippen molar-refractivity contribution in [2.24, 2.45) is 0 Å². The normalized spacial score (nSPS) is 10.6. The van der Waals surface area contributed by atoms with Gasteiger partial charge in [-0.15, -0.1) is 0 Å². The number of esters is 1. The van der Waals surface area contributed by atoms with Gasteiger partial charge in [-0.2, -0.15) is 5.10 Å². The Morgan fingerprint density at radius 2 is 1.84 bits per heavy atom. The van der Waals surface area contributed by atoms with Crippen molar-refractivity contribution in [3.63, 3.8) is 0 Å². The number of fused-ring (bicyclic) bond motifs is 1. The predicted octanol–water partition coefficient (Wildman–Crippen LogP) is 2.69. The highest BCUT2D eigenvalue weighted by Crippen LogP contribution is 2.16. The molecule has 3 rings (SSSR count). The quantitative estimate of drug-likeness (QED) is 0.726. The Bertz CT molecular complexity index is 917. The molecule has 1 aromatic heterocycles. The van der Waals surface area contributed by atoms with Gasteiger partial charge < -0.3 is 9.64 Å². The molecule has 0 radical (unpaired) electrons. The average molecular weight is 337 g/mol. The van der Waals surface area contributed by atoms with Crippen LogP contribution in [0.25, 0.3) is 10.9 Å². The fraction of sp³-hybridized carbons (Fsp3) is 0.211. The number of amides is 1. The van der Waals surface area contributed by atoms with E-state index in [1.165, 1.54) is 4.90 Å². The summed E-state index contributed by atoms with van der Waals surface area (Å²) in [6.07, 6.45) is 0. The van der Waals surface area contributed by atoms with Crippen molar-refractivity contribution in [3.8, 4) is 0 Å². The first-order valence-electron chi connectivity index (χ1n) is 7.95. The molecule has 1 N–H and O–H groups in total. The zero-order valence-corrected chi connectivity index (χ0v) is 14.2. The van der Waals surface area contributed by atoms with E-state index in [1.807, 2.05) is 49.4 Å². The number of carbonyl (C=O) groups excluding carboxylic acids is 2. The third-order valence-corrected chi connectivity index (χ3v) is 4.08. The van der Waals surface area contributed by atoms with E-state index in [0.717, 1.165) is 16.6 Å². The van der Waals surface area contributed by atoms with Gasteiger partial charge in [-0.25, -0.2) is 4.79 Å². The molecular weight excluding hydrogens is 318 g/mol. The summed E-state index contributed by atoms with van der Waals surface area (Å²) in [7, 11) is 1.69. The predicted molar refractivity (Wildman–Crippen MR) is 94.0 cm³/mol. The summed E-state index contributed by atoms with van der Waals surface area (Å²) in [5.74, 6) is -0.883. The van der Waals surface area contributed by atoms with Gasteiger partial charge in [0.25, 0.3) is 5.91 Å². The van der Waals surface area contributed by atoms with Crippen LogP contribution in [0.5, 0.6) is 0 Å². The third kappa shape index (κ3) is 3.68. The van der Waals surface area contributed by atoms with E-state index in [2.05, 4.69) is 10.2 Å². The first kappa shape index (κ1) is 16.7. The molecule has 0 aliphatic rings. The maximum atomic E-state index is 12.2. The van der Waals surface area contributed by atoms with Crippen LogP contribution < -0.4 is 0 Å². The second kappa shape index (κ2) is 7.17. The van der Waals surface area contributed by atoms with Crippen LogP contribution in [-0.2, 0) is 16.1 Å². The first-order chi connectivity index (χ1) is 12.1. The van der Waals surface area contributed by atoms with Gasteiger partial charge in [0, 0.05) is 19.0 Å². The zero-order valence-electron chi connectivity index (χ0n) is 14.2. The molecule has 128 valence electrons. The van der Waals surface area contributed by atoms with Crippen LogP contribution in [0.15, 0.2) is 48.5 Å². The summed E-state index contributed by atoms with van der Waals surface area (Å²) < 4.78 is 5.13. The van der Waals surface area contributed by atoms with Gasteiger partial charge in [0.1, 0.15) is 0 Å². The maximum Gasteiger partial charge on any atom is 0.359 e. The second-order valence-corrected chi connectivity index (χ2v) is 5.87. The fourth-order valence-electron chi connectivity index (χ4n) is 2.56. The minimum absolute atomic E-state index is 0.185. The summed E-state index contributed by atoms with van der Waals surface area (Å²) in [4.78, 5) is 25.9. The van der Waals surface area contributed by atoms with Crippen LogP contribution in [-0.4, -0.2) is 40.6 Å². The monoisotopic (exact) mass is 337 g/mol. The van der Waals surface area contributed by atoms with E-state index in [9.17, 15) is 9.59 Å². The maximum absolute atomic E-state index is 12.2. The third-order valence-electron chi connectivity index (χ3n) is 4.08. The molecular formula is C19H19N3O3. The van der Waals surface area contributed by atoms with E-state index in [1.54, 1.807) is 13.1 Å². The molecule has 1 heterocycles. The molecule has 6 heteroatoms. The molecule has 3 aromatic rings. The highest BCUT2D eigenvalue weighted by atomic mass is 16.5. The number of likely N-dealkylation sites (N-methyl/N-ethyl adjacent to an activating group) is 1. The standard InChI is InChI=1S/C19H19N3O3/c1-13-7-3-4-8-14(13)11-22(2)17(23)12-25-19(24)18-15-9-5-6-10-16(15)20-21-18/h3-10H,11-12H2,1-2H3,(H,20,21). The topological polar surface area (TPSA) is 75.3 Å². The van der Waals surface area contributed by atoms with E-state index < -0.39 is 5.97 Å². The number of para-hydroxylation sites is 1. The number of aromatic nitrogens is 2. The van der Waals surface area contributed by atoms with Crippen molar-refractivity contribution in [3.05, 3.63) is 65.4 Å². The van der Waals surface area contributed by atoms with Crippen molar-refractivity contribution in [1.29, 1.82) is 0 Å². The largest absolute Gasteiger partial charge is 0.451 e. The number of ether oxygens (including phenoxy) is 1. The van der Waals surface area contributed by atoms with Crippen molar-refractivity contribution < 1.29 is 14.3 Å². The van der Waals surface area contributed by atoms with Crippen molar-refractivity contribution >= 4 is 22.8 Å². The Labute approximate surface area is 145 Å². The van der Waals surface area contributed by atoms with Gasteiger partial charge in [-0.1, -0.05) is 42.5 Å². The number of hydrogen-bond acceptors (Lipinski definition) is 4. The first-order valence-corrected chi connectivity index (χ1v) is 7.95. The second-order valence-electron chi connectivity index (χ2n) is 5.87. The molecule has 0 bridgehead atoms. The molecule has 0 unspecified atom stereocenters. The Hall–Kier alpha value is -3.15. The summed E-state index contributed by atoms with van der Waals surface area (Å²) in [5, 5.41) is 7.42. The number of nitrogens with one attached hydrogen (secondary N) is 1. The average Bonchev–Trinajstić information content (AvgIpc) is 3.05. The van der Waals surface area contributed by atoms with E-state index in [4.69, 9.17) is 4.74 Å². The lowest BCUT2D eigenvalue weighted by molar-refractivity contribution is -0.133. The van der Waals surface area contributed by atoms with Gasteiger partial charge in [0.2, 0.25) is 0 Å². The van der Waals surface area contributed by atoms with E-state index >= 15 is 0 Å². The molecule has 25 heavy (non-hydrogen) atoms. The minimum atomic E-state index is -0.616. The highest BCUT2D eigenvalue weighted by Gasteiger charge is 2.18. The minimum Gasteiger partial charge on any atom is -0.451 e. The van der Waals surface area contributed by atoms with E-state index in [0.29, 0.717) is 11.9 Å². The Morgan fingerprint density at radius 3 is 2.64 bits per heavy atom. The summed E-state index contributed by atoms with van der Waals surface area (Å²) in [6, 6.07) is 15.1. The van der Waals surface area contributed by atoms with Crippen molar-refractivity contribution in [2.75, 3.05) is 13.7 Å². The fourth-order valence-corrected chi connectivity index (χ4v) is 2.56. The van der Waals surface area contributed by atoms with Gasteiger partial charge in [0.05, 0.1) is 5.52 Å². The molecule has 1 amide bonds. The van der Waals surface area contributed by atoms with Crippen molar-refractivity contribution in [2.45, 2.75) is 13.5 Å². The number of nitrogens with zero attached hydrogens (tertiary/aromatic N) is 2. The van der Waals surface area contributed by atoms with Crippen molar-refractivity contribution in [1.82, 2.24) is 15.1 Å². The molecule has 0 aliphatic carbocycles. The molecule has 0 fully saturated rings. The number of aromatic amines is 1. The number of H-pyrrole nitrogens is 1. The Kier molecular flexibility index (Phi) is 4.79. The van der Waals surface area contributed by atoms with Gasteiger partial charge in [-0.05, 0) is 24.1 Å². The number of benzene rings is 2. The van der Waals surface area contributed by atoms with Gasteiger partial charge >= 0.3 is 5.97 Å². The lowest BCUT2D eigenvalue weighted by Gasteiger charge is -2.18. The lowest BCUT2D eigenvalue weighted by Crippen LogP contribution is -2.31. The number of aryl methyl sites for hydroxylation is 1. The highest BCUT2D eigenvalue weighted by molar-refractivity contribution is 6.02. The SMILES string of the molecule is Cc1ccccc1CN(C)C(=O)COC(=O)c1n[nH]c2ccccc12. The van der Waals surface area contributed by atoms with E-state index in [-0.39, 0.29) is 18.2 Å². The molecule has 0 aliphatic heterocycles. The Morgan fingerprint density at radius 1 is 1.12 bits per heavy atom. The van der Waals surface area contributed by atoms with Crippen LogP contribution in [0.1, 0.15) is 21.6 Å². The van der Waals surface area contributed by atoms with Crippen LogP contribution >= 0.6 is 0 Å². The molecule has 2 aromatic carbocycles. The smallest absolute Gasteiger partial charge is 0.359 e. The van der Waals surface area contributed by atoms with Crippen LogP contribution in [0.4, 0.5) is 0 Å². The molecule has 0 atom stereocenters. The number of carbonyl (C=O) groups is 2. The number of rotatable bonds is 5. The van der Waals surface area contributed by atoms with Crippen LogP contribution in [0, 0.1) is 6.92 Å². The lowest BCUT2D eigenvalue weighted by atomic mass is 10.1. The van der Waals surface area contributed by atoms with Gasteiger partial charge in [-0.3, -0.25) is 9.89 Å². The zero-order chi connectivity index (χ0) is 17.8. The van der Waals surface area contributed by atoms with Gasteiger partial charge in [0.15, 0.2) is 12.3 Å². The Balaban J connectivity index is 1.60. The molecule has 6 nitrogen and oxygen atoms in total.